The summed E-state index contributed by atoms with van der Waals surface area (Å²) in [6.07, 6.45) is 6.19. The van der Waals surface area contributed by atoms with Crippen LogP contribution in [0.25, 0.3) is 0 Å². The first kappa shape index (κ1) is 11.9. The Morgan fingerprint density at radius 1 is 1.38 bits per heavy atom. The monoisotopic (exact) mass is 226 g/mol. The van der Waals surface area contributed by atoms with Crippen molar-refractivity contribution in [2.24, 2.45) is 5.73 Å². The summed E-state index contributed by atoms with van der Waals surface area (Å²) >= 11 is 0. The predicted molar refractivity (Wildman–Crippen MR) is 62.0 cm³/mol. The van der Waals surface area contributed by atoms with Crippen LogP contribution in [0.1, 0.15) is 38.5 Å². The van der Waals surface area contributed by atoms with E-state index in [9.17, 15) is 4.79 Å². The second-order valence-electron chi connectivity index (χ2n) is 4.92. The number of nitrogens with two attached hydrogens (primary N) is 1. The van der Waals surface area contributed by atoms with Gasteiger partial charge in [-0.1, -0.05) is 0 Å². The minimum absolute atomic E-state index is 0.181. The molecule has 2 heterocycles. The van der Waals surface area contributed by atoms with Gasteiger partial charge in [0, 0.05) is 32.2 Å². The quantitative estimate of drug-likeness (QED) is 0.777. The highest BCUT2D eigenvalue weighted by molar-refractivity contribution is 5.76. The third-order valence-electron chi connectivity index (χ3n) is 3.51. The fraction of sp³-hybridized carbons (Fsp3) is 0.917. The molecule has 2 aliphatic heterocycles. The van der Waals surface area contributed by atoms with Crippen LogP contribution in [0.3, 0.4) is 0 Å². The van der Waals surface area contributed by atoms with E-state index in [1.807, 2.05) is 4.90 Å². The molecule has 2 saturated heterocycles. The predicted octanol–water partition coefficient (Wildman–Crippen LogP) is 0.895. The number of amides is 1. The van der Waals surface area contributed by atoms with Gasteiger partial charge in [0.1, 0.15) is 0 Å². The second kappa shape index (κ2) is 5.64. The molecule has 2 fully saturated rings. The van der Waals surface area contributed by atoms with Gasteiger partial charge in [-0.3, -0.25) is 4.79 Å². The van der Waals surface area contributed by atoms with Crippen LogP contribution in [0.15, 0.2) is 0 Å². The zero-order chi connectivity index (χ0) is 11.4. The number of likely N-dealkylation sites (tertiary alicyclic amines) is 1. The van der Waals surface area contributed by atoms with E-state index >= 15 is 0 Å². The molecule has 2 aliphatic rings. The summed E-state index contributed by atoms with van der Waals surface area (Å²) in [6.45, 7) is 2.50. The SMILES string of the molecule is N[C@@H]1CCCN(C(=O)CCC2CCCO2)C1. The zero-order valence-electron chi connectivity index (χ0n) is 9.86. The van der Waals surface area contributed by atoms with Crippen molar-refractivity contribution in [3.63, 3.8) is 0 Å². The Morgan fingerprint density at radius 3 is 2.94 bits per heavy atom. The lowest BCUT2D eigenvalue weighted by Gasteiger charge is -2.31. The highest BCUT2D eigenvalue weighted by Gasteiger charge is 2.23. The molecule has 0 aliphatic carbocycles. The molecular formula is C12H22N2O2. The molecule has 2 atom stereocenters. The van der Waals surface area contributed by atoms with Crippen LogP contribution >= 0.6 is 0 Å². The summed E-state index contributed by atoms with van der Waals surface area (Å²) in [7, 11) is 0. The van der Waals surface area contributed by atoms with Crippen molar-refractivity contribution in [3.8, 4) is 0 Å². The number of ether oxygens (including phenoxy) is 1. The maximum absolute atomic E-state index is 11.9. The van der Waals surface area contributed by atoms with E-state index in [1.165, 1.54) is 0 Å². The molecule has 0 radical (unpaired) electrons. The number of carbonyl (C=O) groups is 1. The van der Waals surface area contributed by atoms with Crippen molar-refractivity contribution >= 4 is 5.91 Å². The standard InChI is InChI=1S/C12H22N2O2/c13-10-3-1-7-14(9-10)12(15)6-5-11-4-2-8-16-11/h10-11H,1-9,13H2/t10-,11?/m1/s1. The first-order chi connectivity index (χ1) is 7.75. The van der Waals surface area contributed by atoms with Gasteiger partial charge >= 0.3 is 0 Å². The third kappa shape index (κ3) is 3.19. The normalized spacial score (nSPS) is 30.7. The van der Waals surface area contributed by atoms with Crippen LogP contribution in [0.2, 0.25) is 0 Å². The molecule has 4 nitrogen and oxygen atoms in total. The topological polar surface area (TPSA) is 55.6 Å². The average molecular weight is 226 g/mol. The molecule has 16 heavy (non-hydrogen) atoms. The summed E-state index contributed by atoms with van der Waals surface area (Å²) < 4.78 is 5.52. The number of piperidine rings is 1. The van der Waals surface area contributed by atoms with Crippen LogP contribution in [-0.2, 0) is 9.53 Å². The van der Waals surface area contributed by atoms with E-state index in [1.54, 1.807) is 0 Å². The van der Waals surface area contributed by atoms with Gasteiger partial charge in [0.2, 0.25) is 5.91 Å². The molecule has 0 saturated carbocycles. The molecule has 0 aromatic carbocycles. The van der Waals surface area contributed by atoms with Crippen LogP contribution in [0.4, 0.5) is 0 Å². The van der Waals surface area contributed by atoms with Gasteiger partial charge < -0.3 is 15.4 Å². The molecular weight excluding hydrogens is 204 g/mol. The molecule has 1 unspecified atom stereocenters. The van der Waals surface area contributed by atoms with Crippen molar-refractivity contribution in [3.05, 3.63) is 0 Å². The van der Waals surface area contributed by atoms with Gasteiger partial charge in [0.05, 0.1) is 6.10 Å². The van der Waals surface area contributed by atoms with E-state index in [2.05, 4.69) is 0 Å². The Bertz CT molecular complexity index is 239. The zero-order valence-corrected chi connectivity index (χ0v) is 9.86. The van der Waals surface area contributed by atoms with Gasteiger partial charge in [-0.15, -0.1) is 0 Å². The molecule has 2 rings (SSSR count). The first-order valence-electron chi connectivity index (χ1n) is 6.40. The molecule has 0 aromatic heterocycles. The van der Waals surface area contributed by atoms with E-state index in [-0.39, 0.29) is 11.9 Å². The summed E-state index contributed by atoms with van der Waals surface area (Å²) in [5.41, 5.74) is 5.86. The Morgan fingerprint density at radius 2 is 2.25 bits per heavy atom. The molecule has 2 N–H and O–H groups in total. The molecule has 0 spiro atoms. The number of nitrogens with zero attached hydrogens (tertiary/aromatic N) is 1. The van der Waals surface area contributed by atoms with E-state index < -0.39 is 0 Å². The molecule has 4 heteroatoms. The van der Waals surface area contributed by atoms with E-state index in [0.29, 0.717) is 12.5 Å². The lowest BCUT2D eigenvalue weighted by molar-refractivity contribution is -0.133. The Balaban J connectivity index is 1.70. The lowest BCUT2D eigenvalue weighted by atomic mass is 10.1. The van der Waals surface area contributed by atoms with Crippen molar-refractivity contribution in [2.75, 3.05) is 19.7 Å². The van der Waals surface area contributed by atoms with Gasteiger partial charge in [-0.05, 0) is 32.1 Å². The lowest BCUT2D eigenvalue weighted by Crippen LogP contribution is -2.45. The maximum Gasteiger partial charge on any atom is 0.222 e. The average Bonchev–Trinajstić information content (AvgIpc) is 2.78. The molecule has 92 valence electrons. The summed E-state index contributed by atoms with van der Waals surface area (Å²) in [5, 5.41) is 0. The Kier molecular flexibility index (Phi) is 4.18. The molecule has 0 aromatic rings. The summed E-state index contributed by atoms with van der Waals surface area (Å²) in [4.78, 5) is 13.8. The van der Waals surface area contributed by atoms with Crippen LogP contribution in [-0.4, -0.2) is 42.6 Å². The summed E-state index contributed by atoms with van der Waals surface area (Å²) in [6, 6.07) is 0.181. The molecule has 1 amide bonds. The second-order valence-corrected chi connectivity index (χ2v) is 4.92. The van der Waals surface area contributed by atoms with Crippen LogP contribution < -0.4 is 5.73 Å². The van der Waals surface area contributed by atoms with E-state index in [4.69, 9.17) is 10.5 Å². The minimum atomic E-state index is 0.181. The van der Waals surface area contributed by atoms with Gasteiger partial charge in [-0.2, -0.15) is 0 Å². The number of rotatable bonds is 3. The van der Waals surface area contributed by atoms with Crippen LogP contribution in [0, 0.1) is 0 Å². The van der Waals surface area contributed by atoms with Gasteiger partial charge in [0.15, 0.2) is 0 Å². The van der Waals surface area contributed by atoms with Crippen molar-refractivity contribution in [1.82, 2.24) is 4.90 Å². The fourth-order valence-electron chi connectivity index (χ4n) is 2.55. The maximum atomic E-state index is 11.9. The smallest absolute Gasteiger partial charge is 0.222 e. The number of hydrogen-bond donors (Lipinski definition) is 1. The highest BCUT2D eigenvalue weighted by atomic mass is 16.5. The van der Waals surface area contributed by atoms with Crippen molar-refractivity contribution < 1.29 is 9.53 Å². The highest BCUT2D eigenvalue weighted by Crippen LogP contribution is 2.18. The number of hydrogen-bond acceptors (Lipinski definition) is 3. The van der Waals surface area contributed by atoms with Crippen molar-refractivity contribution in [2.45, 2.75) is 50.7 Å². The van der Waals surface area contributed by atoms with Crippen LogP contribution in [0.5, 0.6) is 0 Å². The fourth-order valence-corrected chi connectivity index (χ4v) is 2.55. The third-order valence-corrected chi connectivity index (χ3v) is 3.51. The van der Waals surface area contributed by atoms with Crippen molar-refractivity contribution in [1.29, 1.82) is 0 Å². The minimum Gasteiger partial charge on any atom is -0.378 e. The Labute approximate surface area is 97.1 Å². The summed E-state index contributed by atoms with van der Waals surface area (Å²) in [5.74, 6) is 0.255. The number of carbonyl (C=O) groups excluding carboxylic acids is 1. The van der Waals surface area contributed by atoms with Gasteiger partial charge in [0.25, 0.3) is 0 Å². The van der Waals surface area contributed by atoms with E-state index in [0.717, 1.165) is 51.8 Å². The molecule has 0 bridgehead atoms. The Hall–Kier alpha value is -0.610. The van der Waals surface area contributed by atoms with Gasteiger partial charge in [-0.25, -0.2) is 0 Å². The first-order valence-corrected chi connectivity index (χ1v) is 6.40. The largest absolute Gasteiger partial charge is 0.378 e.